The molecule has 0 saturated carbocycles. The molecule has 176 valence electrons. The van der Waals surface area contributed by atoms with Crippen LogP contribution in [0.15, 0.2) is 42.5 Å². The van der Waals surface area contributed by atoms with Gasteiger partial charge in [0.15, 0.2) is 0 Å². The van der Waals surface area contributed by atoms with Crippen molar-refractivity contribution in [2.75, 3.05) is 7.05 Å². The zero-order valence-electron chi connectivity index (χ0n) is 19.6. The smallest absolute Gasteiger partial charge is 0.251 e. The van der Waals surface area contributed by atoms with E-state index in [1.165, 1.54) is 13.1 Å². The molecule has 0 heterocycles. The molecule has 0 radical (unpaired) electrons. The summed E-state index contributed by atoms with van der Waals surface area (Å²) in [6.45, 7) is 7.58. The lowest BCUT2D eigenvalue weighted by molar-refractivity contribution is -0.122. The zero-order valence-corrected chi connectivity index (χ0v) is 20.4. The molecule has 2 rings (SSSR count). The Morgan fingerprint density at radius 2 is 1.76 bits per heavy atom. The topological polar surface area (TPSA) is 87.7 Å². The van der Waals surface area contributed by atoms with Gasteiger partial charge in [0.25, 0.3) is 5.91 Å². The van der Waals surface area contributed by atoms with Gasteiger partial charge in [-0.05, 0) is 55.7 Å². The molecule has 0 aliphatic heterocycles. The Balaban J connectivity index is 2.11. The quantitative estimate of drug-likeness (QED) is 0.514. The van der Waals surface area contributed by atoms with Crippen molar-refractivity contribution in [1.29, 1.82) is 0 Å². The van der Waals surface area contributed by atoms with Gasteiger partial charge in [-0.25, -0.2) is 0 Å². The van der Waals surface area contributed by atoms with Crippen LogP contribution in [0.5, 0.6) is 5.75 Å². The fraction of sp³-hybridized carbons (Fsp3) is 0.385. The molecule has 0 bridgehead atoms. The minimum atomic E-state index is -0.771. The highest BCUT2D eigenvalue weighted by atomic mass is 35.5. The van der Waals surface area contributed by atoms with Crippen molar-refractivity contribution in [3.63, 3.8) is 0 Å². The van der Waals surface area contributed by atoms with Crippen molar-refractivity contribution in [3.8, 4) is 17.6 Å². The number of carbonyl (C=O) groups is 2. The van der Waals surface area contributed by atoms with Gasteiger partial charge in [0, 0.05) is 24.6 Å². The van der Waals surface area contributed by atoms with Crippen LogP contribution >= 0.6 is 11.6 Å². The van der Waals surface area contributed by atoms with E-state index in [0.29, 0.717) is 22.8 Å². The van der Waals surface area contributed by atoms with Crippen LogP contribution in [0.2, 0.25) is 5.02 Å². The van der Waals surface area contributed by atoms with Crippen molar-refractivity contribution in [3.05, 3.63) is 64.2 Å². The number of halogens is 1. The summed E-state index contributed by atoms with van der Waals surface area (Å²) >= 11 is 6.24. The summed E-state index contributed by atoms with van der Waals surface area (Å²) in [4.78, 5) is 25.2. The number of amides is 2. The minimum Gasteiger partial charge on any atom is -0.489 e. The molecule has 0 spiro atoms. The van der Waals surface area contributed by atoms with Crippen molar-refractivity contribution in [2.45, 2.75) is 52.4 Å². The van der Waals surface area contributed by atoms with E-state index < -0.39 is 18.1 Å². The number of ether oxygens (including phenoxy) is 1. The maximum Gasteiger partial charge on any atom is 0.251 e. The third-order valence-corrected chi connectivity index (χ3v) is 5.11. The predicted molar refractivity (Wildman–Crippen MR) is 130 cm³/mol. The third kappa shape index (κ3) is 8.12. The summed E-state index contributed by atoms with van der Waals surface area (Å²) in [7, 11) is 1.52. The van der Waals surface area contributed by atoms with E-state index >= 15 is 0 Å². The maximum absolute atomic E-state index is 12.8. The van der Waals surface area contributed by atoms with Crippen LogP contribution in [0.1, 0.15) is 49.2 Å². The summed E-state index contributed by atoms with van der Waals surface area (Å²) < 4.78 is 5.60. The monoisotopic (exact) mass is 470 g/mol. The highest BCUT2D eigenvalue weighted by Gasteiger charge is 2.21. The molecule has 7 heteroatoms. The first kappa shape index (κ1) is 26.2. The Labute approximate surface area is 200 Å². The molecule has 3 N–H and O–H groups in total. The van der Waals surface area contributed by atoms with E-state index in [0.717, 1.165) is 11.1 Å². The Morgan fingerprint density at radius 3 is 2.30 bits per heavy atom. The Morgan fingerprint density at radius 1 is 1.09 bits per heavy atom. The summed E-state index contributed by atoms with van der Waals surface area (Å²) in [5, 5.41) is 15.5. The SMILES string of the molecule is CNC(=O)[C@H](Cc1ccc(C#CC(O)C(C)C)cc1)NC(=O)c1ccc(OC(C)C)c(Cl)c1. The standard InChI is InChI=1S/C26H31ClN2O4/c1-16(2)23(30)12-10-18-6-8-19(9-7-18)14-22(26(32)28-5)29-25(31)20-11-13-24(21(27)15-20)33-17(3)4/h6-9,11,13,15-17,22-23,30H,14H2,1-5H3,(H,28,32)(H,29,31)/t22-,23?/m0/s1. The van der Waals surface area contributed by atoms with Crippen LogP contribution in [0.4, 0.5) is 0 Å². The number of hydrogen-bond acceptors (Lipinski definition) is 4. The molecule has 6 nitrogen and oxygen atoms in total. The van der Waals surface area contributed by atoms with Gasteiger partial charge in [0.05, 0.1) is 11.1 Å². The van der Waals surface area contributed by atoms with Crippen molar-refractivity contribution >= 4 is 23.4 Å². The second-order valence-electron chi connectivity index (χ2n) is 8.31. The van der Waals surface area contributed by atoms with Crippen LogP contribution in [0, 0.1) is 17.8 Å². The molecule has 2 atom stereocenters. The Kier molecular flexibility index (Phi) is 9.77. The molecule has 2 aromatic rings. The number of aliphatic hydroxyl groups excluding tert-OH is 1. The van der Waals surface area contributed by atoms with E-state index in [-0.39, 0.29) is 17.9 Å². The first-order chi connectivity index (χ1) is 15.6. The zero-order chi connectivity index (χ0) is 24.5. The summed E-state index contributed by atoms with van der Waals surface area (Å²) in [6.07, 6.45) is -0.426. The van der Waals surface area contributed by atoms with Crippen molar-refractivity contribution in [1.82, 2.24) is 10.6 Å². The van der Waals surface area contributed by atoms with Crippen LogP contribution in [-0.4, -0.2) is 42.2 Å². The molecular formula is C26H31ClN2O4. The molecule has 0 aliphatic carbocycles. The second kappa shape index (κ2) is 12.3. The van der Waals surface area contributed by atoms with Gasteiger partial charge in [0.1, 0.15) is 17.9 Å². The normalized spacial score (nSPS) is 12.5. The largest absolute Gasteiger partial charge is 0.489 e. The molecule has 2 amide bonds. The molecule has 2 aromatic carbocycles. The lowest BCUT2D eigenvalue weighted by atomic mass is 10.0. The maximum atomic E-state index is 12.8. The van der Waals surface area contributed by atoms with Gasteiger partial charge >= 0.3 is 0 Å². The van der Waals surface area contributed by atoms with Crippen LogP contribution in [0.3, 0.4) is 0 Å². The number of benzene rings is 2. The first-order valence-corrected chi connectivity index (χ1v) is 11.3. The molecule has 0 saturated heterocycles. The Hall–Kier alpha value is -3.01. The second-order valence-corrected chi connectivity index (χ2v) is 8.72. The lowest BCUT2D eigenvalue weighted by Gasteiger charge is -2.18. The average Bonchev–Trinajstić information content (AvgIpc) is 2.78. The molecule has 33 heavy (non-hydrogen) atoms. The number of carbonyl (C=O) groups excluding carboxylic acids is 2. The highest BCUT2D eigenvalue weighted by Crippen LogP contribution is 2.26. The summed E-state index contributed by atoms with van der Waals surface area (Å²) in [5.41, 5.74) is 1.95. The molecule has 0 aromatic heterocycles. The molecular weight excluding hydrogens is 440 g/mol. The van der Waals surface area contributed by atoms with Gasteiger partial charge in [0.2, 0.25) is 5.91 Å². The molecule has 0 aliphatic rings. The summed E-state index contributed by atoms with van der Waals surface area (Å²) in [5.74, 6) is 5.59. The average molecular weight is 471 g/mol. The fourth-order valence-electron chi connectivity index (χ4n) is 2.90. The van der Waals surface area contributed by atoms with Crippen molar-refractivity contribution < 1.29 is 19.4 Å². The van der Waals surface area contributed by atoms with Gasteiger partial charge in [-0.3, -0.25) is 9.59 Å². The van der Waals surface area contributed by atoms with Crippen molar-refractivity contribution in [2.24, 2.45) is 5.92 Å². The van der Waals surface area contributed by atoms with E-state index in [2.05, 4.69) is 22.5 Å². The van der Waals surface area contributed by atoms with Gasteiger partial charge in [-0.1, -0.05) is 49.4 Å². The van der Waals surface area contributed by atoms with E-state index in [9.17, 15) is 14.7 Å². The molecule has 0 fully saturated rings. The van der Waals surface area contributed by atoms with E-state index in [4.69, 9.17) is 16.3 Å². The van der Waals surface area contributed by atoms with Gasteiger partial charge < -0.3 is 20.5 Å². The Bertz CT molecular complexity index is 1020. The van der Waals surface area contributed by atoms with Gasteiger partial charge in [-0.2, -0.15) is 0 Å². The summed E-state index contributed by atoms with van der Waals surface area (Å²) in [6, 6.07) is 11.4. The highest BCUT2D eigenvalue weighted by molar-refractivity contribution is 6.32. The van der Waals surface area contributed by atoms with E-state index in [1.807, 2.05) is 52.0 Å². The van der Waals surface area contributed by atoms with E-state index in [1.54, 1.807) is 12.1 Å². The number of hydrogen-bond donors (Lipinski definition) is 3. The number of nitrogens with one attached hydrogen (secondary N) is 2. The van der Waals surface area contributed by atoms with Crippen LogP contribution < -0.4 is 15.4 Å². The molecule has 1 unspecified atom stereocenters. The van der Waals surface area contributed by atoms with Gasteiger partial charge in [-0.15, -0.1) is 0 Å². The third-order valence-electron chi connectivity index (χ3n) is 4.81. The fourth-order valence-corrected chi connectivity index (χ4v) is 3.13. The minimum absolute atomic E-state index is 0.0440. The first-order valence-electron chi connectivity index (χ1n) is 10.9. The lowest BCUT2D eigenvalue weighted by Crippen LogP contribution is -2.47. The number of rotatable bonds is 8. The van der Waals surface area contributed by atoms with Crippen LogP contribution in [-0.2, 0) is 11.2 Å². The van der Waals surface area contributed by atoms with Crippen LogP contribution in [0.25, 0.3) is 0 Å². The number of likely N-dealkylation sites (N-methyl/N-ethyl adjacent to an activating group) is 1. The number of aliphatic hydroxyl groups is 1. The predicted octanol–water partition coefficient (Wildman–Crippen LogP) is 3.58.